The van der Waals surface area contributed by atoms with Gasteiger partial charge in [-0.05, 0) is 31.2 Å². The Morgan fingerprint density at radius 2 is 1.94 bits per heavy atom. The summed E-state index contributed by atoms with van der Waals surface area (Å²) in [4.78, 5) is 33.0. The number of piperidine rings is 3. The van der Waals surface area contributed by atoms with Crippen LogP contribution in [0.15, 0.2) is 36.4 Å². The van der Waals surface area contributed by atoms with E-state index < -0.39 is 0 Å². The van der Waals surface area contributed by atoms with E-state index in [0.717, 1.165) is 50.1 Å². The number of rotatable bonds is 3. The van der Waals surface area contributed by atoms with Crippen molar-refractivity contribution < 1.29 is 9.59 Å². The maximum Gasteiger partial charge on any atom is 0.246 e. The van der Waals surface area contributed by atoms with E-state index in [1.54, 1.807) is 0 Å². The molecule has 0 unspecified atom stereocenters. The predicted octanol–water partition coefficient (Wildman–Crippen LogP) is 2.16. The van der Waals surface area contributed by atoms with Crippen LogP contribution < -0.4 is 0 Å². The molecule has 7 heteroatoms. The van der Waals surface area contributed by atoms with Crippen molar-refractivity contribution in [1.29, 1.82) is 0 Å². The monoisotopic (exact) mass is 419 g/mol. The molecule has 3 fully saturated rings. The van der Waals surface area contributed by atoms with Crippen LogP contribution in [-0.2, 0) is 16.1 Å². The fraction of sp³-hybridized carbons (Fsp3) is 0.542. The summed E-state index contributed by atoms with van der Waals surface area (Å²) in [5.74, 6) is 0.962. The number of carbonyl (C=O) groups is 2. The number of hydrogen-bond acceptors (Lipinski definition) is 4. The van der Waals surface area contributed by atoms with Crippen molar-refractivity contribution >= 4 is 22.7 Å². The van der Waals surface area contributed by atoms with Crippen molar-refractivity contribution in [2.75, 3.05) is 26.2 Å². The van der Waals surface area contributed by atoms with Gasteiger partial charge in [-0.2, -0.15) is 5.10 Å². The molecule has 162 valence electrons. The van der Waals surface area contributed by atoms with Gasteiger partial charge in [-0.15, -0.1) is 0 Å². The standard InChI is InChI=1S/C24H29N5O2/c30-22-9-5-8-21-16-12-17(23(29(21)22)24(31)28-10-3-4-11-28)14-27(13-16)15-20-18-6-1-2-7-19(18)25-26-20/h1-4,6-7,16-17,21,23H,5,8-15H2,(H,25,26)/t16-,17+,21-,23+/m0/s1. The summed E-state index contributed by atoms with van der Waals surface area (Å²) in [6, 6.07) is 8.10. The molecule has 4 atom stereocenters. The molecule has 0 saturated carbocycles. The van der Waals surface area contributed by atoms with Crippen molar-refractivity contribution in [2.45, 2.75) is 44.3 Å². The number of para-hydroxylation sites is 1. The molecular weight excluding hydrogens is 390 g/mol. The number of aromatic nitrogens is 2. The van der Waals surface area contributed by atoms with E-state index in [-0.39, 0.29) is 29.8 Å². The van der Waals surface area contributed by atoms with E-state index in [2.05, 4.69) is 39.4 Å². The summed E-state index contributed by atoms with van der Waals surface area (Å²) in [5.41, 5.74) is 2.13. The Kier molecular flexibility index (Phi) is 4.60. The first-order chi connectivity index (χ1) is 15.2. The van der Waals surface area contributed by atoms with Gasteiger partial charge in [0.05, 0.1) is 11.2 Å². The molecule has 1 aromatic carbocycles. The molecule has 2 aromatic rings. The molecule has 4 aliphatic heterocycles. The Morgan fingerprint density at radius 3 is 2.81 bits per heavy atom. The highest BCUT2D eigenvalue weighted by Gasteiger charge is 2.52. The van der Waals surface area contributed by atoms with Crippen LogP contribution in [0.5, 0.6) is 0 Å². The van der Waals surface area contributed by atoms with Crippen molar-refractivity contribution in [1.82, 2.24) is 24.9 Å². The Bertz CT molecular complexity index is 1040. The molecule has 2 bridgehead atoms. The third-order valence-electron chi connectivity index (χ3n) is 7.72. The number of aromatic amines is 1. The number of H-pyrrole nitrogens is 1. The Balaban J connectivity index is 1.29. The average Bonchev–Trinajstić information content (AvgIpc) is 3.45. The van der Waals surface area contributed by atoms with E-state index in [9.17, 15) is 9.59 Å². The summed E-state index contributed by atoms with van der Waals surface area (Å²) >= 11 is 0. The van der Waals surface area contributed by atoms with Gasteiger partial charge < -0.3 is 9.80 Å². The minimum absolute atomic E-state index is 0.141. The van der Waals surface area contributed by atoms with Crippen molar-refractivity contribution in [2.24, 2.45) is 11.8 Å². The van der Waals surface area contributed by atoms with Gasteiger partial charge in [-0.3, -0.25) is 19.6 Å². The zero-order valence-electron chi connectivity index (χ0n) is 17.7. The predicted molar refractivity (Wildman–Crippen MR) is 117 cm³/mol. The van der Waals surface area contributed by atoms with Crippen LogP contribution in [0.4, 0.5) is 0 Å². The number of nitrogens with one attached hydrogen (secondary N) is 1. The molecule has 0 aliphatic carbocycles. The highest BCUT2D eigenvalue weighted by Crippen LogP contribution is 2.42. The second-order valence-corrected chi connectivity index (χ2v) is 9.59. The first-order valence-electron chi connectivity index (χ1n) is 11.6. The van der Waals surface area contributed by atoms with Crippen molar-refractivity contribution in [3.05, 3.63) is 42.1 Å². The molecule has 31 heavy (non-hydrogen) atoms. The van der Waals surface area contributed by atoms with Gasteiger partial charge in [0.2, 0.25) is 11.8 Å². The summed E-state index contributed by atoms with van der Waals surface area (Å²) in [5, 5.41) is 8.85. The molecule has 2 amide bonds. The normalized spacial score (nSPS) is 30.8. The van der Waals surface area contributed by atoms with E-state index in [1.807, 2.05) is 21.9 Å². The second-order valence-electron chi connectivity index (χ2n) is 9.59. The van der Waals surface area contributed by atoms with Crippen LogP contribution in [0, 0.1) is 11.8 Å². The fourth-order valence-electron chi connectivity index (χ4n) is 6.40. The van der Waals surface area contributed by atoms with E-state index in [0.29, 0.717) is 25.4 Å². The van der Waals surface area contributed by atoms with E-state index in [4.69, 9.17) is 0 Å². The molecular formula is C24H29N5O2. The molecule has 6 rings (SSSR count). The fourth-order valence-corrected chi connectivity index (χ4v) is 6.40. The quantitative estimate of drug-likeness (QED) is 0.774. The number of likely N-dealkylation sites (tertiary alicyclic amines) is 1. The van der Waals surface area contributed by atoms with Crippen LogP contribution in [0.25, 0.3) is 10.9 Å². The first kappa shape index (κ1) is 19.0. The summed E-state index contributed by atoms with van der Waals surface area (Å²) < 4.78 is 0. The molecule has 1 aromatic heterocycles. The number of nitrogens with zero attached hydrogens (tertiary/aromatic N) is 4. The van der Waals surface area contributed by atoms with Crippen LogP contribution in [-0.4, -0.2) is 75.0 Å². The van der Waals surface area contributed by atoms with E-state index >= 15 is 0 Å². The molecule has 5 heterocycles. The lowest BCUT2D eigenvalue weighted by atomic mass is 9.71. The second kappa shape index (κ2) is 7.48. The lowest BCUT2D eigenvalue weighted by molar-refractivity contribution is -0.164. The number of carbonyl (C=O) groups excluding carboxylic acids is 2. The average molecular weight is 420 g/mol. The molecule has 4 aliphatic rings. The highest BCUT2D eigenvalue weighted by molar-refractivity contribution is 5.89. The van der Waals surface area contributed by atoms with Gasteiger partial charge in [0.25, 0.3) is 0 Å². The first-order valence-corrected chi connectivity index (χ1v) is 11.6. The summed E-state index contributed by atoms with van der Waals surface area (Å²) in [6.07, 6.45) is 7.70. The maximum atomic E-state index is 13.6. The van der Waals surface area contributed by atoms with Gasteiger partial charge in [0.15, 0.2) is 0 Å². The van der Waals surface area contributed by atoms with Crippen LogP contribution in [0.3, 0.4) is 0 Å². The Morgan fingerprint density at radius 1 is 1.13 bits per heavy atom. The minimum atomic E-state index is -0.310. The van der Waals surface area contributed by atoms with Gasteiger partial charge in [-0.25, -0.2) is 0 Å². The van der Waals surface area contributed by atoms with Crippen LogP contribution in [0.2, 0.25) is 0 Å². The Hall–Kier alpha value is -2.67. The highest BCUT2D eigenvalue weighted by atomic mass is 16.2. The maximum absolute atomic E-state index is 13.6. The minimum Gasteiger partial charge on any atom is -0.333 e. The molecule has 0 radical (unpaired) electrons. The van der Waals surface area contributed by atoms with E-state index in [1.165, 1.54) is 5.39 Å². The lowest BCUT2D eigenvalue weighted by Crippen LogP contribution is -2.68. The summed E-state index contributed by atoms with van der Waals surface area (Å²) in [6.45, 7) is 3.97. The third kappa shape index (κ3) is 3.17. The smallest absolute Gasteiger partial charge is 0.246 e. The zero-order valence-corrected chi connectivity index (χ0v) is 17.7. The molecule has 1 N–H and O–H groups in total. The molecule has 7 nitrogen and oxygen atoms in total. The number of benzene rings is 1. The number of fused-ring (bicyclic) bond motifs is 5. The van der Waals surface area contributed by atoms with Crippen LogP contribution >= 0.6 is 0 Å². The Labute approximate surface area is 182 Å². The van der Waals surface area contributed by atoms with Gasteiger partial charge in [-0.1, -0.05) is 30.4 Å². The SMILES string of the molecule is O=C([C@H]1[C@@H]2C[C@@H](CN(Cc3[nH]nc4ccccc34)C2)[C@@H]2CCCC(=O)N21)N1CC=CC1. The zero-order chi connectivity index (χ0) is 20.9. The topological polar surface area (TPSA) is 72.5 Å². The van der Waals surface area contributed by atoms with Crippen LogP contribution in [0.1, 0.15) is 31.4 Å². The summed E-state index contributed by atoms with van der Waals surface area (Å²) in [7, 11) is 0. The van der Waals surface area contributed by atoms with Gasteiger partial charge >= 0.3 is 0 Å². The molecule has 3 saturated heterocycles. The van der Waals surface area contributed by atoms with Gasteiger partial charge in [0.1, 0.15) is 6.04 Å². The third-order valence-corrected chi connectivity index (χ3v) is 7.72. The number of amides is 2. The van der Waals surface area contributed by atoms with Crippen molar-refractivity contribution in [3.63, 3.8) is 0 Å². The van der Waals surface area contributed by atoms with Crippen molar-refractivity contribution in [3.8, 4) is 0 Å². The largest absolute Gasteiger partial charge is 0.333 e. The number of hydrogen-bond donors (Lipinski definition) is 1. The lowest BCUT2D eigenvalue weighted by Gasteiger charge is -2.56. The van der Waals surface area contributed by atoms with Gasteiger partial charge in [0, 0.05) is 56.5 Å². The molecule has 0 spiro atoms.